The standard InChI is InChI=1S/C17H14ClN3/c18-17-20-19-16(13-9-5-2-6-10-13)21(17)15-11-14(15)12-7-3-1-4-8-12/h1-10,14-15H,11H2. The Morgan fingerprint density at radius 3 is 2.29 bits per heavy atom. The molecule has 2 unspecified atom stereocenters. The Bertz CT molecular complexity index is 752. The first-order valence-corrected chi connectivity index (χ1v) is 7.43. The van der Waals surface area contributed by atoms with Crippen molar-refractivity contribution in [2.24, 2.45) is 0 Å². The van der Waals surface area contributed by atoms with Gasteiger partial charge in [0.05, 0.1) is 0 Å². The monoisotopic (exact) mass is 295 g/mol. The Labute approximate surface area is 128 Å². The van der Waals surface area contributed by atoms with Crippen LogP contribution in [0.1, 0.15) is 23.9 Å². The van der Waals surface area contributed by atoms with Gasteiger partial charge in [0.25, 0.3) is 0 Å². The van der Waals surface area contributed by atoms with Crippen molar-refractivity contribution in [2.45, 2.75) is 18.4 Å². The lowest BCUT2D eigenvalue weighted by Crippen LogP contribution is -1.99. The van der Waals surface area contributed by atoms with Crippen LogP contribution < -0.4 is 0 Å². The van der Waals surface area contributed by atoms with Gasteiger partial charge in [0.2, 0.25) is 5.28 Å². The molecule has 104 valence electrons. The zero-order valence-electron chi connectivity index (χ0n) is 11.4. The number of hydrogen-bond donors (Lipinski definition) is 0. The van der Waals surface area contributed by atoms with E-state index in [9.17, 15) is 0 Å². The quantitative estimate of drug-likeness (QED) is 0.720. The first kappa shape index (κ1) is 12.6. The van der Waals surface area contributed by atoms with E-state index in [1.807, 2.05) is 36.4 Å². The molecule has 1 fully saturated rings. The van der Waals surface area contributed by atoms with Crippen molar-refractivity contribution in [2.75, 3.05) is 0 Å². The molecule has 3 aromatic rings. The Morgan fingerprint density at radius 1 is 0.905 bits per heavy atom. The van der Waals surface area contributed by atoms with Gasteiger partial charge < -0.3 is 0 Å². The summed E-state index contributed by atoms with van der Waals surface area (Å²) in [7, 11) is 0. The molecule has 2 atom stereocenters. The van der Waals surface area contributed by atoms with Gasteiger partial charge in [-0.15, -0.1) is 10.2 Å². The summed E-state index contributed by atoms with van der Waals surface area (Å²) in [6.07, 6.45) is 1.08. The Morgan fingerprint density at radius 2 is 1.57 bits per heavy atom. The summed E-state index contributed by atoms with van der Waals surface area (Å²) >= 11 is 6.27. The highest BCUT2D eigenvalue weighted by molar-refractivity contribution is 6.28. The number of rotatable bonds is 3. The molecule has 1 aliphatic rings. The average molecular weight is 296 g/mol. The van der Waals surface area contributed by atoms with Crippen LogP contribution in [0.15, 0.2) is 60.7 Å². The van der Waals surface area contributed by atoms with E-state index >= 15 is 0 Å². The van der Waals surface area contributed by atoms with E-state index in [1.54, 1.807) is 0 Å². The molecule has 0 spiro atoms. The lowest BCUT2D eigenvalue weighted by Gasteiger charge is -2.07. The highest BCUT2D eigenvalue weighted by atomic mass is 35.5. The molecule has 0 aliphatic heterocycles. The van der Waals surface area contributed by atoms with Crippen LogP contribution in [0.2, 0.25) is 5.28 Å². The van der Waals surface area contributed by atoms with Crippen LogP contribution in [-0.2, 0) is 0 Å². The molecular weight excluding hydrogens is 282 g/mol. The molecule has 1 aliphatic carbocycles. The zero-order valence-corrected chi connectivity index (χ0v) is 12.1. The molecule has 4 heteroatoms. The maximum atomic E-state index is 6.27. The highest BCUT2D eigenvalue weighted by Gasteiger charge is 2.42. The lowest BCUT2D eigenvalue weighted by molar-refractivity contribution is 0.722. The third kappa shape index (κ3) is 2.24. The van der Waals surface area contributed by atoms with Crippen LogP contribution in [-0.4, -0.2) is 14.8 Å². The predicted molar refractivity (Wildman–Crippen MR) is 83.3 cm³/mol. The predicted octanol–water partition coefficient (Wildman–Crippen LogP) is 4.33. The van der Waals surface area contributed by atoms with Crippen LogP contribution in [0.25, 0.3) is 11.4 Å². The summed E-state index contributed by atoms with van der Waals surface area (Å²) in [4.78, 5) is 0. The summed E-state index contributed by atoms with van der Waals surface area (Å²) in [5.74, 6) is 1.35. The Balaban J connectivity index is 1.70. The summed E-state index contributed by atoms with van der Waals surface area (Å²) in [5, 5.41) is 8.79. The summed E-state index contributed by atoms with van der Waals surface area (Å²) in [6.45, 7) is 0. The van der Waals surface area contributed by atoms with Gasteiger partial charge >= 0.3 is 0 Å². The van der Waals surface area contributed by atoms with Crippen LogP contribution in [0.5, 0.6) is 0 Å². The molecule has 2 aromatic carbocycles. The fraction of sp³-hybridized carbons (Fsp3) is 0.176. The normalized spacial score (nSPS) is 20.4. The minimum atomic E-state index is 0.352. The molecule has 1 aromatic heterocycles. The van der Waals surface area contributed by atoms with E-state index in [2.05, 4.69) is 39.0 Å². The molecule has 0 bridgehead atoms. The number of benzene rings is 2. The van der Waals surface area contributed by atoms with Crippen molar-refractivity contribution in [3.63, 3.8) is 0 Å². The van der Waals surface area contributed by atoms with Gasteiger partial charge in [0, 0.05) is 17.5 Å². The molecule has 0 amide bonds. The third-order valence-electron chi connectivity index (χ3n) is 4.00. The van der Waals surface area contributed by atoms with Crippen LogP contribution in [0, 0.1) is 0 Å². The van der Waals surface area contributed by atoms with Crippen molar-refractivity contribution in [3.8, 4) is 11.4 Å². The first-order chi connectivity index (χ1) is 10.3. The first-order valence-electron chi connectivity index (χ1n) is 7.05. The highest BCUT2D eigenvalue weighted by Crippen LogP contribution is 2.53. The molecule has 21 heavy (non-hydrogen) atoms. The smallest absolute Gasteiger partial charge is 0.225 e. The zero-order chi connectivity index (χ0) is 14.2. The minimum Gasteiger partial charge on any atom is -0.294 e. The molecular formula is C17H14ClN3. The maximum absolute atomic E-state index is 6.27. The largest absolute Gasteiger partial charge is 0.294 e. The van der Waals surface area contributed by atoms with E-state index in [4.69, 9.17) is 11.6 Å². The lowest BCUT2D eigenvalue weighted by atomic mass is 10.1. The molecule has 4 rings (SSSR count). The number of halogens is 1. The van der Waals surface area contributed by atoms with Crippen LogP contribution in [0.4, 0.5) is 0 Å². The van der Waals surface area contributed by atoms with Crippen molar-refractivity contribution in [1.82, 2.24) is 14.8 Å². The fourth-order valence-electron chi connectivity index (χ4n) is 2.88. The molecule has 0 radical (unpaired) electrons. The second-order valence-corrected chi connectivity index (χ2v) is 5.69. The Kier molecular flexibility index (Phi) is 3.00. The number of hydrogen-bond acceptors (Lipinski definition) is 2. The van der Waals surface area contributed by atoms with Crippen LogP contribution in [0.3, 0.4) is 0 Å². The van der Waals surface area contributed by atoms with Gasteiger partial charge in [-0.1, -0.05) is 60.7 Å². The SMILES string of the molecule is Clc1nnc(-c2ccccc2)n1C1CC1c1ccccc1. The summed E-state index contributed by atoms with van der Waals surface area (Å²) < 4.78 is 2.06. The maximum Gasteiger partial charge on any atom is 0.225 e. The number of aromatic nitrogens is 3. The average Bonchev–Trinajstić information content (AvgIpc) is 3.24. The minimum absolute atomic E-state index is 0.352. The van der Waals surface area contributed by atoms with E-state index in [-0.39, 0.29) is 0 Å². The van der Waals surface area contributed by atoms with Gasteiger partial charge in [0.15, 0.2) is 5.82 Å². The van der Waals surface area contributed by atoms with Crippen molar-refractivity contribution in [1.29, 1.82) is 0 Å². The second kappa shape index (κ2) is 5.01. The second-order valence-electron chi connectivity index (χ2n) is 5.35. The molecule has 1 heterocycles. The van der Waals surface area contributed by atoms with Gasteiger partial charge in [-0.3, -0.25) is 4.57 Å². The fourth-order valence-corrected chi connectivity index (χ4v) is 3.12. The van der Waals surface area contributed by atoms with Crippen molar-refractivity contribution >= 4 is 11.6 Å². The summed E-state index contributed by atoms with van der Waals surface area (Å²) in [5.41, 5.74) is 2.40. The van der Waals surface area contributed by atoms with Gasteiger partial charge in [-0.25, -0.2) is 0 Å². The Hall–Kier alpha value is -2.13. The summed E-state index contributed by atoms with van der Waals surface area (Å²) in [6, 6.07) is 21.0. The van der Waals surface area contributed by atoms with E-state index in [0.717, 1.165) is 17.8 Å². The molecule has 0 N–H and O–H groups in total. The number of nitrogens with zero attached hydrogens (tertiary/aromatic N) is 3. The van der Waals surface area contributed by atoms with Crippen molar-refractivity contribution < 1.29 is 0 Å². The van der Waals surface area contributed by atoms with Gasteiger partial charge in [0.1, 0.15) is 0 Å². The van der Waals surface area contributed by atoms with E-state index < -0.39 is 0 Å². The van der Waals surface area contributed by atoms with E-state index in [1.165, 1.54) is 5.56 Å². The van der Waals surface area contributed by atoms with Gasteiger partial charge in [-0.05, 0) is 23.6 Å². The van der Waals surface area contributed by atoms with Gasteiger partial charge in [-0.2, -0.15) is 0 Å². The topological polar surface area (TPSA) is 30.7 Å². The molecule has 1 saturated carbocycles. The third-order valence-corrected chi connectivity index (χ3v) is 4.26. The molecule has 0 saturated heterocycles. The molecule has 3 nitrogen and oxygen atoms in total. The van der Waals surface area contributed by atoms with E-state index in [0.29, 0.717) is 17.2 Å². The van der Waals surface area contributed by atoms with Crippen LogP contribution >= 0.6 is 11.6 Å². The van der Waals surface area contributed by atoms with Crippen molar-refractivity contribution in [3.05, 3.63) is 71.5 Å².